The van der Waals surface area contributed by atoms with Crippen molar-refractivity contribution < 1.29 is 9.59 Å². The van der Waals surface area contributed by atoms with Gasteiger partial charge in [-0.1, -0.05) is 32.6 Å². The van der Waals surface area contributed by atoms with E-state index in [0.717, 1.165) is 34.8 Å². The molecule has 3 rings (SSSR count). The Labute approximate surface area is 175 Å². The summed E-state index contributed by atoms with van der Waals surface area (Å²) in [6.07, 6.45) is 6.03. The summed E-state index contributed by atoms with van der Waals surface area (Å²) in [4.78, 5) is 24.2. The maximum absolute atomic E-state index is 12.1. The first-order valence-electron chi connectivity index (χ1n) is 9.85. The van der Waals surface area contributed by atoms with Crippen molar-refractivity contribution >= 4 is 56.6 Å². The van der Waals surface area contributed by atoms with Crippen LogP contribution in [0.15, 0.2) is 36.4 Å². The molecule has 1 aromatic heterocycles. The van der Waals surface area contributed by atoms with Gasteiger partial charge in [-0.3, -0.25) is 9.59 Å². The van der Waals surface area contributed by atoms with Crippen molar-refractivity contribution in [2.45, 2.75) is 45.6 Å². The van der Waals surface area contributed by atoms with Gasteiger partial charge in [-0.05, 0) is 42.8 Å². The highest BCUT2D eigenvalue weighted by Crippen LogP contribution is 2.31. The van der Waals surface area contributed by atoms with Gasteiger partial charge in [-0.2, -0.15) is 0 Å². The number of benzene rings is 2. The Balaban J connectivity index is 2.09. The van der Waals surface area contributed by atoms with Crippen LogP contribution in [0.5, 0.6) is 0 Å². The highest BCUT2D eigenvalue weighted by molar-refractivity contribution is 6.31. The summed E-state index contributed by atoms with van der Waals surface area (Å²) >= 11 is 11.5. The zero-order valence-electron chi connectivity index (χ0n) is 16.1. The third-order valence-corrected chi connectivity index (χ3v) is 5.72. The van der Waals surface area contributed by atoms with Crippen molar-refractivity contribution in [2.24, 2.45) is 0 Å². The van der Waals surface area contributed by atoms with Crippen LogP contribution in [0.25, 0.3) is 21.8 Å². The van der Waals surface area contributed by atoms with Gasteiger partial charge in [0.2, 0.25) is 0 Å². The van der Waals surface area contributed by atoms with Crippen LogP contribution in [-0.4, -0.2) is 27.9 Å². The number of fused-ring (bicyclic) bond motifs is 3. The molecule has 3 aromatic rings. The number of carbonyl (C=O) groups is 2. The first-order valence-corrected chi connectivity index (χ1v) is 10.9. The fraction of sp³-hybridized carbons (Fsp3) is 0.391. The molecule has 0 amide bonds. The minimum Gasteiger partial charge on any atom is -0.340 e. The van der Waals surface area contributed by atoms with Crippen molar-refractivity contribution in [3.8, 4) is 0 Å². The molecule has 1 heterocycles. The quantitative estimate of drug-likeness (QED) is 0.211. The summed E-state index contributed by atoms with van der Waals surface area (Å²) in [7, 11) is 0. The Morgan fingerprint density at radius 3 is 1.75 bits per heavy atom. The second-order valence-corrected chi connectivity index (χ2v) is 7.68. The van der Waals surface area contributed by atoms with Crippen LogP contribution in [-0.2, 0) is 6.54 Å². The van der Waals surface area contributed by atoms with Gasteiger partial charge >= 0.3 is 0 Å². The minimum absolute atomic E-state index is 0.0441. The van der Waals surface area contributed by atoms with E-state index < -0.39 is 0 Å². The van der Waals surface area contributed by atoms with E-state index >= 15 is 0 Å². The second kappa shape index (κ2) is 9.58. The van der Waals surface area contributed by atoms with Crippen molar-refractivity contribution in [3.63, 3.8) is 0 Å². The van der Waals surface area contributed by atoms with Crippen molar-refractivity contribution in [3.05, 3.63) is 47.5 Å². The number of nitrogens with zero attached hydrogens (tertiary/aromatic N) is 1. The number of rotatable bonds is 10. The summed E-state index contributed by atoms with van der Waals surface area (Å²) in [6.45, 7) is 3.13. The average Bonchev–Trinajstić information content (AvgIpc) is 3.04. The molecule has 0 aliphatic rings. The van der Waals surface area contributed by atoms with Gasteiger partial charge in [-0.15, -0.1) is 23.2 Å². The molecule has 0 saturated carbocycles. The Morgan fingerprint density at radius 2 is 1.29 bits per heavy atom. The van der Waals surface area contributed by atoms with Crippen LogP contribution >= 0.6 is 23.2 Å². The summed E-state index contributed by atoms with van der Waals surface area (Å²) < 4.78 is 2.29. The van der Waals surface area contributed by atoms with Crippen molar-refractivity contribution in [2.75, 3.05) is 11.8 Å². The lowest BCUT2D eigenvalue weighted by atomic mass is 10.0. The predicted octanol–water partition coefficient (Wildman–Crippen LogP) is 6.61. The molecule has 28 heavy (non-hydrogen) atoms. The highest BCUT2D eigenvalue weighted by atomic mass is 35.5. The van der Waals surface area contributed by atoms with E-state index in [9.17, 15) is 9.59 Å². The van der Waals surface area contributed by atoms with Crippen LogP contribution < -0.4 is 0 Å². The number of unbranched alkanes of at least 4 members (excludes halogenated alkanes) is 4. The van der Waals surface area contributed by atoms with Crippen molar-refractivity contribution in [1.29, 1.82) is 0 Å². The first kappa shape index (κ1) is 20.9. The third-order valence-electron chi connectivity index (χ3n) is 5.24. The van der Waals surface area contributed by atoms with Crippen LogP contribution in [0.3, 0.4) is 0 Å². The zero-order chi connectivity index (χ0) is 20.1. The SMILES string of the molecule is CCCCCCCn1c2ccc(C(=O)CCl)cc2c2cc(C(=O)CCl)ccc21. The van der Waals surface area contributed by atoms with Crippen molar-refractivity contribution in [1.82, 2.24) is 4.57 Å². The second-order valence-electron chi connectivity index (χ2n) is 7.14. The van der Waals surface area contributed by atoms with Gasteiger partial charge in [0.15, 0.2) is 11.6 Å². The van der Waals surface area contributed by atoms with Crippen LogP contribution in [0.2, 0.25) is 0 Å². The molecule has 0 N–H and O–H groups in total. The number of aromatic nitrogens is 1. The van der Waals surface area contributed by atoms with Gasteiger partial charge in [0.25, 0.3) is 0 Å². The Bertz CT molecular complexity index is 933. The largest absolute Gasteiger partial charge is 0.340 e. The van der Waals surface area contributed by atoms with Gasteiger partial charge in [-0.25, -0.2) is 0 Å². The van der Waals surface area contributed by atoms with Crippen LogP contribution in [0.4, 0.5) is 0 Å². The van der Waals surface area contributed by atoms with E-state index in [1.54, 1.807) is 0 Å². The molecule has 2 aromatic carbocycles. The molecule has 0 bridgehead atoms. The molecule has 0 aliphatic heterocycles. The van der Waals surface area contributed by atoms with E-state index in [-0.39, 0.29) is 23.3 Å². The molecule has 5 heteroatoms. The monoisotopic (exact) mass is 417 g/mol. The standard InChI is InChI=1S/C23H25Cl2NO2/c1-2-3-4-5-6-11-26-20-9-7-16(22(27)14-24)12-18(20)19-13-17(23(28)15-25)8-10-21(19)26/h7-10,12-13H,2-6,11,14-15H2,1H3. The van der Waals surface area contributed by atoms with Crippen LogP contribution in [0, 0.1) is 0 Å². The Hall–Kier alpha value is -1.84. The lowest BCUT2D eigenvalue weighted by Crippen LogP contribution is -2.01. The van der Waals surface area contributed by atoms with E-state index in [1.807, 2.05) is 36.4 Å². The molecule has 0 spiro atoms. The van der Waals surface area contributed by atoms with Gasteiger partial charge in [0.1, 0.15) is 0 Å². The highest BCUT2D eigenvalue weighted by Gasteiger charge is 2.15. The summed E-state index contributed by atoms with van der Waals surface area (Å²) in [6, 6.07) is 11.4. The topological polar surface area (TPSA) is 39.1 Å². The minimum atomic E-state index is -0.1000. The lowest BCUT2D eigenvalue weighted by molar-refractivity contribution is 0.101. The first-order chi connectivity index (χ1) is 13.6. The van der Waals surface area contributed by atoms with E-state index in [4.69, 9.17) is 23.2 Å². The Kier molecular flexibility index (Phi) is 7.14. The number of alkyl halides is 2. The predicted molar refractivity (Wildman–Crippen MR) is 118 cm³/mol. The molecule has 0 aliphatic carbocycles. The number of carbonyl (C=O) groups excluding carboxylic acids is 2. The number of hydrogen-bond acceptors (Lipinski definition) is 2. The number of aryl methyl sites for hydroxylation is 1. The maximum atomic E-state index is 12.1. The molecule has 0 radical (unpaired) electrons. The number of halogens is 2. The number of Topliss-reactive ketones (excluding diaryl/α,β-unsaturated/α-hetero) is 2. The number of ketones is 2. The molecular formula is C23H25Cl2NO2. The average molecular weight is 418 g/mol. The van der Waals surface area contributed by atoms with E-state index in [0.29, 0.717) is 11.1 Å². The molecular weight excluding hydrogens is 393 g/mol. The summed E-state index contributed by atoms with van der Waals surface area (Å²) in [5.74, 6) is -0.288. The molecule has 0 fully saturated rings. The summed E-state index contributed by atoms with van der Waals surface area (Å²) in [5, 5.41) is 1.95. The fourth-order valence-corrected chi connectivity index (χ4v) is 4.03. The molecule has 0 saturated heterocycles. The lowest BCUT2D eigenvalue weighted by Gasteiger charge is -2.08. The van der Waals surface area contributed by atoms with Gasteiger partial charge in [0.05, 0.1) is 11.8 Å². The van der Waals surface area contributed by atoms with E-state index in [2.05, 4.69) is 11.5 Å². The van der Waals surface area contributed by atoms with E-state index in [1.165, 1.54) is 25.7 Å². The van der Waals surface area contributed by atoms with Gasteiger partial charge < -0.3 is 4.57 Å². The summed E-state index contributed by atoms with van der Waals surface area (Å²) in [5.41, 5.74) is 3.34. The number of hydrogen-bond donors (Lipinski definition) is 0. The smallest absolute Gasteiger partial charge is 0.177 e. The third kappa shape index (κ3) is 4.26. The molecule has 3 nitrogen and oxygen atoms in total. The Morgan fingerprint density at radius 1 is 0.786 bits per heavy atom. The normalized spacial score (nSPS) is 11.4. The molecule has 148 valence electrons. The molecule has 0 atom stereocenters. The molecule has 0 unspecified atom stereocenters. The fourth-order valence-electron chi connectivity index (χ4n) is 3.72. The van der Waals surface area contributed by atoms with Crippen LogP contribution in [0.1, 0.15) is 59.7 Å². The van der Waals surface area contributed by atoms with Gasteiger partial charge in [0, 0.05) is 39.5 Å². The maximum Gasteiger partial charge on any atom is 0.177 e. The zero-order valence-corrected chi connectivity index (χ0v) is 17.7.